The number of unbranched alkanes of at least 4 members (excludes halogenated alkanes) is 12. The van der Waals surface area contributed by atoms with Crippen molar-refractivity contribution in [1.82, 2.24) is 0 Å². The molecular weight excluding hydrogens is 460 g/mol. The molecule has 0 aliphatic rings. The molecule has 4 nitrogen and oxygen atoms in total. The van der Waals surface area contributed by atoms with Crippen LogP contribution in [0.5, 0.6) is 0 Å². The molecule has 0 aromatic rings. The Morgan fingerprint density at radius 1 is 0.622 bits per heavy atom. The van der Waals surface area contributed by atoms with Crippen molar-refractivity contribution in [3.05, 3.63) is 36.5 Å². The van der Waals surface area contributed by atoms with Gasteiger partial charge in [0.15, 0.2) is 0 Å². The molecule has 0 aromatic heterocycles. The fourth-order valence-corrected chi connectivity index (χ4v) is 4.37. The maximum atomic E-state index is 12.4. The van der Waals surface area contributed by atoms with Crippen LogP contribution < -0.4 is 0 Å². The smallest absolute Gasteiger partial charge is 0.306 e. The van der Waals surface area contributed by atoms with Gasteiger partial charge in [-0.1, -0.05) is 108 Å². The van der Waals surface area contributed by atoms with Gasteiger partial charge in [-0.25, -0.2) is 0 Å². The zero-order valence-electron chi connectivity index (χ0n) is 24.3. The number of hydrogen-bond donors (Lipinski definition) is 1. The number of carbonyl (C=O) groups is 2. The number of allylic oxidation sites excluding steroid dienone is 6. The third-order valence-corrected chi connectivity index (χ3v) is 6.63. The summed E-state index contributed by atoms with van der Waals surface area (Å²) in [5, 5.41) is 8.80. The lowest BCUT2D eigenvalue weighted by Crippen LogP contribution is -2.18. The van der Waals surface area contributed by atoms with Crippen molar-refractivity contribution in [3.8, 4) is 0 Å². The van der Waals surface area contributed by atoms with Gasteiger partial charge in [-0.05, 0) is 70.6 Å². The first-order valence-corrected chi connectivity index (χ1v) is 15.5. The van der Waals surface area contributed by atoms with E-state index in [2.05, 4.69) is 50.3 Å². The number of aliphatic carboxylic acids is 1. The summed E-state index contributed by atoms with van der Waals surface area (Å²) in [6.45, 7) is 4.38. The number of ether oxygens (including phenoxy) is 1. The molecule has 1 unspecified atom stereocenters. The molecule has 1 N–H and O–H groups in total. The average Bonchev–Trinajstić information content (AvgIpc) is 2.87. The number of hydrogen-bond acceptors (Lipinski definition) is 3. The molecule has 0 aliphatic heterocycles. The average molecular weight is 519 g/mol. The monoisotopic (exact) mass is 518 g/mol. The van der Waals surface area contributed by atoms with Crippen LogP contribution in [0, 0.1) is 0 Å². The second-order valence-corrected chi connectivity index (χ2v) is 10.3. The number of carboxylic acid groups (broad SMARTS) is 1. The molecule has 0 aromatic carbocycles. The lowest BCUT2D eigenvalue weighted by molar-refractivity contribution is -0.150. The van der Waals surface area contributed by atoms with Crippen LogP contribution in [0.4, 0.5) is 0 Å². The fourth-order valence-electron chi connectivity index (χ4n) is 4.37. The first-order chi connectivity index (χ1) is 18.1. The summed E-state index contributed by atoms with van der Waals surface area (Å²) >= 11 is 0. The maximum absolute atomic E-state index is 12.4. The van der Waals surface area contributed by atoms with Gasteiger partial charge in [0.1, 0.15) is 6.10 Å². The largest absolute Gasteiger partial charge is 0.481 e. The summed E-state index contributed by atoms with van der Waals surface area (Å²) in [7, 11) is 0. The molecule has 0 aliphatic carbocycles. The van der Waals surface area contributed by atoms with Gasteiger partial charge in [0, 0.05) is 12.8 Å². The third-order valence-electron chi connectivity index (χ3n) is 6.63. The molecular formula is C33H58O4. The molecule has 0 radical (unpaired) electrons. The van der Waals surface area contributed by atoms with Crippen LogP contribution in [0.1, 0.15) is 155 Å². The van der Waals surface area contributed by atoms with E-state index >= 15 is 0 Å². The predicted octanol–water partition coefficient (Wildman–Crippen LogP) is 10.3. The van der Waals surface area contributed by atoms with E-state index in [0.717, 1.165) is 70.6 Å². The highest BCUT2D eigenvalue weighted by Crippen LogP contribution is 2.18. The van der Waals surface area contributed by atoms with E-state index in [1.807, 2.05) is 0 Å². The van der Waals surface area contributed by atoms with Crippen molar-refractivity contribution in [1.29, 1.82) is 0 Å². The van der Waals surface area contributed by atoms with Gasteiger partial charge in [0.05, 0.1) is 0 Å². The molecule has 37 heavy (non-hydrogen) atoms. The zero-order valence-corrected chi connectivity index (χ0v) is 24.3. The van der Waals surface area contributed by atoms with Crippen molar-refractivity contribution in [3.63, 3.8) is 0 Å². The Labute approximate surface area is 229 Å². The molecule has 214 valence electrons. The van der Waals surface area contributed by atoms with Gasteiger partial charge in [-0.3, -0.25) is 9.59 Å². The second kappa shape index (κ2) is 28.7. The van der Waals surface area contributed by atoms with Gasteiger partial charge in [0.2, 0.25) is 0 Å². The van der Waals surface area contributed by atoms with E-state index in [1.165, 1.54) is 51.4 Å². The number of carboxylic acids is 1. The zero-order chi connectivity index (χ0) is 27.2. The molecule has 1 atom stereocenters. The first kappa shape index (κ1) is 35.2. The second-order valence-electron chi connectivity index (χ2n) is 10.3. The van der Waals surface area contributed by atoms with E-state index in [1.54, 1.807) is 0 Å². The van der Waals surface area contributed by atoms with E-state index in [9.17, 15) is 9.59 Å². The van der Waals surface area contributed by atoms with Crippen LogP contribution in [-0.4, -0.2) is 23.1 Å². The summed E-state index contributed by atoms with van der Waals surface area (Å²) in [5.74, 6) is -0.784. The molecule has 0 spiro atoms. The minimum Gasteiger partial charge on any atom is -0.481 e. The van der Waals surface area contributed by atoms with Crippen molar-refractivity contribution in [2.45, 2.75) is 161 Å². The summed E-state index contributed by atoms with van der Waals surface area (Å²) < 4.78 is 5.85. The third kappa shape index (κ3) is 28.6. The van der Waals surface area contributed by atoms with Crippen LogP contribution >= 0.6 is 0 Å². The lowest BCUT2D eigenvalue weighted by Gasteiger charge is -2.18. The minimum atomic E-state index is -0.731. The van der Waals surface area contributed by atoms with Crippen LogP contribution in [0.15, 0.2) is 36.5 Å². The Balaban J connectivity index is 3.94. The SMILES string of the molecule is CC/C=C\C/C=C\C/C=C\CCCCCCCC(=O)OC(CCCCCCCC)CCCCCC(=O)O. The molecule has 0 heterocycles. The van der Waals surface area contributed by atoms with Crippen molar-refractivity contribution >= 4 is 11.9 Å². The molecule has 0 saturated carbocycles. The standard InChI is InChI=1S/C33H58O4/c1-3-5-7-9-11-12-13-14-15-16-17-18-19-21-26-30-33(36)37-31(27-23-20-10-8-6-4-2)28-24-22-25-29-32(34)35/h5,7,11-12,14-15,31H,3-4,6,8-10,13,16-30H2,1-2H3,(H,34,35)/b7-5-,12-11-,15-14-. The summed E-state index contributed by atoms with van der Waals surface area (Å²) in [6.07, 6.45) is 35.8. The van der Waals surface area contributed by atoms with Gasteiger partial charge in [-0.15, -0.1) is 0 Å². The summed E-state index contributed by atoms with van der Waals surface area (Å²) in [4.78, 5) is 23.1. The molecule has 0 amide bonds. The van der Waals surface area contributed by atoms with Crippen molar-refractivity contribution in [2.75, 3.05) is 0 Å². The van der Waals surface area contributed by atoms with Crippen LogP contribution in [-0.2, 0) is 14.3 Å². The maximum Gasteiger partial charge on any atom is 0.306 e. The molecule has 0 bridgehead atoms. The van der Waals surface area contributed by atoms with Crippen molar-refractivity contribution < 1.29 is 19.4 Å². The van der Waals surface area contributed by atoms with Gasteiger partial charge in [-0.2, -0.15) is 0 Å². The normalized spacial score (nSPS) is 12.7. The van der Waals surface area contributed by atoms with E-state index in [4.69, 9.17) is 9.84 Å². The highest BCUT2D eigenvalue weighted by molar-refractivity contribution is 5.69. The lowest BCUT2D eigenvalue weighted by atomic mass is 10.0. The minimum absolute atomic E-state index is 0.00191. The molecule has 0 rings (SSSR count). The predicted molar refractivity (Wildman–Crippen MR) is 158 cm³/mol. The quantitative estimate of drug-likeness (QED) is 0.0667. The van der Waals surface area contributed by atoms with Crippen LogP contribution in [0.3, 0.4) is 0 Å². The van der Waals surface area contributed by atoms with Crippen molar-refractivity contribution in [2.24, 2.45) is 0 Å². The van der Waals surface area contributed by atoms with Crippen LogP contribution in [0.2, 0.25) is 0 Å². The number of esters is 1. The Bertz CT molecular complexity index is 605. The van der Waals surface area contributed by atoms with E-state index < -0.39 is 5.97 Å². The van der Waals surface area contributed by atoms with E-state index in [0.29, 0.717) is 12.8 Å². The Morgan fingerprint density at radius 2 is 1.14 bits per heavy atom. The fraction of sp³-hybridized carbons (Fsp3) is 0.758. The highest BCUT2D eigenvalue weighted by Gasteiger charge is 2.14. The number of rotatable bonds is 27. The van der Waals surface area contributed by atoms with Crippen LogP contribution in [0.25, 0.3) is 0 Å². The molecule has 0 fully saturated rings. The van der Waals surface area contributed by atoms with Gasteiger partial charge >= 0.3 is 11.9 Å². The van der Waals surface area contributed by atoms with E-state index in [-0.39, 0.29) is 18.5 Å². The van der Waals surface area contributed by atoms with Gasteiger partial charge in [0.25, 0.3) is 0 Å². The summed E-state index contributed by atoms with van der Waals surface area (Å²) in [6, 6.07) is 0. The van der Waals surface area contributed by atoms with Gasteiger partial charge < -0.3 is 9.84 Å². The number of carbonyl (C=O) groups excluding carboxylic acids is 1. The summed E-state index contributed by atoms with van der Waals surface area (Å²) in [5.41, 5.74) is 0. The topological polar surface area (TPSA) is 63.6 Å². The molecule has 0 saturated heterocycles. The Morgan fingerprint density at radius 3 is 1.78 bits per heavy atom. The Hall–Kier alpha value is -1.84. The molecule has 4 heteroatoms. The highest BCUT2D eigenvalue weighted by atomic mass is 16.5. The first-order valence-electron chi connectivity index (χ1n) is 15.5. The Kier molecular flexibility index (Phi) is 27.3.